The molecule has 1 aliphatic heterocycles. The van der Waals surface area contributed by atoms with Gasteiger partial charge in [-0.05, 0) is 26.7 Å². The van der Waals surface area contributed by atoms with Gasteiger partial charge in [0.1, 0.15) is 6.61 Å². The van der Waals surface area contributed by atoms with E-state index >= 15 is 0 Å². The molecule has 19 heavy (non-hydrogen) atoms. The zero-order valence-electron chi connectivity index (χ0n) is 11.7. The van der Waals surface area contributed by atoms with Crippen molar-refractivity contribution in [2.75, 3.05) is 19.7 Å². The molecule has 0 aromatic carbocycles. The van der Waals surface area contributed by atoms with Crippen LogP contribution in [0.5, 0.6) is 0 Å². The second-order valence-electron chi connectivity index (χ2n) is 5.89. The van der Waals surface area contributed by atoms with Crippen LogP contribution < -0.4 is 10.6 Å². The van der Waals surface area contributed by atoms with Crippen LogP contribution in [0, 0.1) is 0 Å². The number of carbonyl (C=O) groups excluding carboxylic acids is 2. The number of nitrogens with zero attached hydrogens (tertiary/aromatic N) is 1. The molecule has 0 spiro atoms. The van der Waals surface area contributed by atoms with Gasteiger partial charge < -0.3 is 15.4 Å². The molecule has 2 N–H and O–H groups in total. The largest absolute Gasteiger partial charge is 0.448 e. The van der Waals surface area contributed by atoms with Gasteiger partial charge in [-0.2, -0.15) is 0 Å². The van der Waals surface area contributed by atoms with Gasteiger partial charge >= 0.3 is 12.1 Å². The van der Waals surface area contributed by atoms with E-state index in [0.29, 0.717) is 25.7 Å². The molecule has 3 amide bonds. The van der Waals surface area contributed by atoms with Crippen LogP contribution in [0.3, 0.4) is 0 Å². The molecule has 0 atom stereocenters. The van der Waals surface area contributed by atoms with Crippen LogP contribution in [0.2, 0.25) is 0 Å². The maximum Gasteiger partial charge on any atom is 0.410 e. The molecular formula is C13H23N3O3. The number of cyclic esters (lactones) is 1. The van der Waals surface area contributed by atoms with Gasteiger partial charge in [0.05, 0.1) is 12.1 Å². The van der Waals surface area contributed by atoms with Gasteiger partial charge in [0, 0.05) is 12.6 Å². The van der Waals surface area contributed by atoms with E-state index in [4.69, 9.17) is 4.74 Å². The highest BCUT2D eigenvalue weighted by molar-refractivity contribution is 5.74. The highest BCUT2D eigenvalue weighted by Crippen LogP contribution is 2.19. The standard InChI is InChI=1S/C13H23N3O3/c1-13(2,16-7-8-19-12(16)18)9-14-11(17)15-10-5-3-4-6-10/h10H,3-9H2,1-2H3,(H2,14,15,17). The third kappa shape index (κ3) is 3.52. The van der Waals surface area contributed by atoms with Crippen molar-refractivity contribution in [3.05, 3.63) is 0 Å². The van der Waals surface area contributed by atoms with Gasteiger partial charge in [0.15, 0.2) is 0 Å². The van der Waals surface area contributed by atoms with Crippen LogP contribution in [0.1, 0.15) is 39.5 Å². The molecule has 0 unspecified atom stereocenters. The summed E-state index contributed by atoms with van der Waals surface area (Å²) < 4.78 is 4.92. The van der Waals surface area contributed by atoms with E-state index in [0.717, 1.165) is 12.8 Å². The second kappa shape index (κ2) is 5.67. The SMILES string of the molecule is CC(C)(CNC(=O)NC1CCCC1)N1CCOC1=O. The third-order valence-corrected chi connectivity index (χ3v) is 3.86. The van der Waals surface area contributed by atoms with E-state index in [2.05, 4.69) is 10.6 Å². The number of amides is 3. The molecule has 1 saturated heterocycles. The van der Waals surface area contributed by atoms with Crippen molar-refractivity contribution in [1.82, 2.24) is 15.5 Å². The van der Waals surface area contributed by atoms with Gasteiger partial charge in [0.25, 0.3) is 0 Å². The van der Waals surface area contributed by atoms with Crippen molar-refractivity contribution in [1.29, 1.82) is 0 Å². The van der Waals surface area contributed by atoms with Crippen LogP contribution >= 0.6 is 0 Å². The fourth-order valence-corrected chi connectivity index (χ4v) is 2.64. The molecule has 0 bridgehead atoms. The van der Waals surface area contributed by atoms with Crippen LogP contribution in [0.25, 0.3) is 0 Å². The van der Waals surface area contributed by atoms with Gasteiger partial charge in [-0.15, -0.1) is 0 Å². The minimum Gasteiger partial charge on any atom is -0.448 e. The summed E-state index contributed by atoms with van der Waals surface area (Å²) in [4.78, 5) is 25.0. The fraction of sp³-hybridized carbons (Fsp3) is 0.846. The van der Waals surface area contributed by atoms with E-state index < -0.39 is 5.54 Å². The maximum atomic E-state index is 11.8. The van der Waals surface area contributed by atoms with Crippen LogP contribution in [0.15, 0.2) is 0 Å². The van der Waals surface area contributed by atoms with Crippen molar-refractivity contribution in [3.8, 4) is 0 Å². The number of rotatable bonds is 4. The first-order valence-electron chi connectivity index (χ1n) is 6.98. The minimum absolute atomic E-state index is 0.146. The zero-order chi connectivity index (χ0) is 13.9. The highest BCUT2D eigenvalue weighted by Gasteiger charge is 2.36. The van der Waals surface area contributed by atoms with Crippen LogP contribution in [-0.2, 0) is 4.74 Å². The average Bonchev–Trinajstić information content (AvgIpc) is 2.98. The Kier molecular flexibility index (Phi) is 4.17. The second-order valence-corrected chi connectivity index (χ2v) is 5.89. The monoisotopic (exact) mass is 269 g/mol. The van der Waals surface area contributed by atoms with Crippen LogP contribution in [-0.4, -0.2) is 48.3 Å². The molecule has 0 radical (unpaired) electrons. The lowest BCUT2D eigenvalue weighted by atomic mass is 10.0. The molecule has 2 fully saturated rings. The van der Waals surface area contributed by atoms with E-state index in [-0.39, 0.29) is 12.1 Å². The number of carbonyl (C=O) groups is 2. The van der Waals surface area contributed by atoms with Crippen molar-refractivity contribution >= 4 is 12.1 Å². The summed E-state index contributed by atoms with van der Waals surface area (Å²) in [6.07, 6.45) is 4.21. The number of nitrogens with one attached hydrogen (secondary N) is 2. The Labute approximate surface area is 113 Å². The Bertz CT molecular complexity index is 351. The summed E-state index contributed by atoms with van der Waals surface area (Å²) >= 11 is 0. The molecule has 1 aliphatic carbocycles. The Morgan fingerprint density at radius 1 is 1.42 bits per heavy atom. The zero-order valence-corrected chi connectivity index (χ0v) is 11.7. The first kappa shape index (κ1) is 14.0. The molecule has 1 heterocycles. The Balaban J connectivity index is 1.76. The Morgan fingerprint density at radius 3 is 2.68 bits per heavy atom. The van der Waals surface area contributed by atoms with Gasteiger partial charge in [-0.3, -0.25) is 4.90 Å². The normalized spacial score (nSPS) is 20.5. The predicted molar refractivity (Wildman–Crippen MR) is 70.9 cm³/mol. The average molecular weight is 269 g/mol. The van der Waals surface area contributed by atoms with E-state index in [1.165, 1.54) is 12.8 Å². The molecule has 0 aromatic rings. The Morgan fingerprint density at radius 2 is 2.11 bits per heavy atom. The summed E-state index contributed by atoms with van der Waals surface area (Å²) in [7, 11) is 0. The molecule has 2 aliphatic rings. The van der Waals surface area contributed by atoms with E-state index in [1.54, 1.807) is 4.90 Å². The summed E-state index contributed by atoms with van der Waals surface area (Å²) in [5, 5.41) is 5.82. The fourth-order valence-electron chi connectivity index (χ4n) is 2.64. The van der Waals surface area contributed by atoms with Gasteiger partial charge in [-0.1, -0.05) is 12.8 Å². The molecule has 0 aromatic heterocycles. The third-order valence-electron chi connectivity index (χ3n) is 3.86. The topological polar surface area (TPSA) is 70.7 Å². The summed E-state index contributed by atoms with van der Waals surface area (Å²) in [5.41, 5.74) is -0.430. The van der Waals surface area contributed by atoms with Gasteiger partial charge in [0.2, 0.25) is 0 Å². The number of ether oxygens (including phenoxy) is 1. The Hall–Kier alpha value is -1.46. The van der Waals surface area contributed by atoms with Crippen molar-refractivity contribution in [2.45, 2.75) is 51.1 Å². The lowest BCUT2D eigenvalue weighted by Crippen LogP contribution is -2.54. The molecule has 1 saturated carbocycles. The number of urea groups is 1. The summed E-state index contributed by atoms with van der Waals surface area (Å²) in [5.74, 6) is 0. The molecular weight excluding hydrogens is 246 g/mol. The lowest BCUT2D eigenvalue weighted by molar-refractivity contribution is 0.125. The van der Waals surface area contributed by atoms with Crippen molar-refractivity contribution in [2.24, 2.45) is 0 Å². The van der Waals surface area contributed by atoms with E-state index in [9.17, 15) is 9.59 Å². The van der Waals surface area contributed by atoms with Crippen molar-refractivity contribution in [3.63, 3.8) is 0 Å². The molecule has 6 nitrogen and oxygen atoms in total. The quantitative estimate of drug-likeness (QED) is 0.811. The summed E-state index contributed by atoms with van der Waals surface area (Å²) in [6, 6.07) is 0.160. The number of hydrogen-bond acceptors (Lipinski definition) is 3. The molecule has 6 heteroatoms. The van der Waals surface area contributed by atoms with Gasteiger partial charge in [-0.25, -0.2) is 9.59 Å². The number of hydrogen-bond donors (Lipinski definition) is 2. The van der Waals surface area contributed by atoms with Crippen LogP contribution in [0.4, 0.5) is 9.59 Å². The van der Waals surface area contributed by atoms with E-state index in [1.807, 2.05) is 13.8 Å². The predicted octanol–water partition coefficient (Wildman–Crippen LogP) is 1.46. The molecule has 108 valence electrons. The first-order chi connectivity index (χ1) is 8.99. The minimum atomic E-state index is -0.430. The smallest absolute Gasteiger partial charge is 0.410 e. The van der Waals surface area contributed by atoms with Crippen molar-refractivity contribution < 1.29 is 14.3 Å². The maximum absolute atomic E-state index is 11.8. The first-order valence-corrected chi connectivity index (χ1v) is 6.98. The highest BCUT2D eigenvalue weighted by atomic mass is 16.6. The summed E-state index contributed by atoms with van der Waals surface area (Å²) in [6.45, 7) is 5.28. The lowest BCUT2D eigenvalue weighted by Gasteiger charge is -2.33. The molecule has 2 rings (SSSR count).